The Morgan fingerprint density at radius 2 is 2.39 bits per heavy atom. The van der Waals surface area contributed by atoms with Crippen LogP contribution in [-0.2, 0) is 29.0 Å². The maximum atomic E-state index is 12.7. The average molecular weight is 331 g/mol. The molecule has 122 valence electrons. The minimum absolute atomic E-state index is 0.163. The van der Waals surface area contributed by atoms with Gasteiger partial charge in [-0.25, -0.2) is 0 Å². The van der Waals surface area contributed by atoms with Gasteiger partial charge in [0.15, 0.2) is 0 Å². The van der Waals surface area contributed by atoms with Gasteiger partial charge in [0.2, 0.25) is 5.91 Å². The fourth-order valence-corrected chi connectivity index (χ4v) is 3.52. The molecule has 0 N–H and O–H groups in total. The molecule has 0 aromatic carbocycles. The van der Waals surface area contributed by atoms with Crippen molar-refractivity contribution in [3.8, 4) is 0 Å². The molecule has 1 aliphatic heterocycles. The minimum Gasteiger partial charge on any atom is -0.377 e. The first-order valence-electron chi connectivity index (χ1n) is 7.75. The Hall–Kier alpha value is -1.92. The molecule has 3 rings (SSSR count). The predicted octanol–water partition coefficient (Wildman–Crippen LogP) is 2.35. The van der Waals surface area contributed by atoms with Crippen molar-refractivity contribution >= 4 is 17.2 Å². The largest absolute Gasteiger partial charge is 0.377 e. The normalized spacial score (nSPS) is 17.6. The predicted molar refractivity (Wildman–Crippen MR) is 90.2 cm³/mol. The summed E-state index contributed by atoms with van der Waals surface area (Å²) in [5.74, 6) is 0.402. The van der Waals surface area contributed by atoms with Crippen LogP contribution in [0.2, 0.25) is 0 Å². The van der Waals surface area contributed by atoms with Crippen molar-refractivity contribution in [2.75, 3.05) is 19.8 Å². The molecule has 1 atom stereocenters. The van der Waals surface area contributed by atoms with Crippen LogP contribution in [0.3, 0.4) is 0 Å². The second kappa shape index (κ2) is 7.57. The topological polar surface area (TPSA) is 47.4 Å². The molecule has 1 aliphatic rings. The number of carbonyl (C=O) groups excluding carboxylic acids is 1. The summed E-state index contributed by atoms with van der Waals surface area (Å²) in [6.07, 6.45) is 4.01. The number of hydrogen-bond acceptors (Lipinski definition) is 4. The summed E-state index contributed by atoms with van der Waals surface area (Å²) in [5, 5.41) is 6.38. The second-order valence-electron chi connectivity index (χ2n) is 5.73. The molecule has 0 saturated heterocycles. The molecule has 5 nitrogen and oxygen atoms in total. The van der Waals surface area contributed by atoms with Crippen LogP contribution < -0.4 is 0 Å². The van der Waals surface area contributed by atoms with E-state index in [4.69, 9.17) is 4.74 Å². The van der Waals surface area contributed by atoms with Crippen molar-refractivity contribution in [3.05, 3.63) is 53.0 Å². The van der Waals surface area contributed by atoms with Crippen LogP contribution in [0.15, 0.2) is 42.4 Å². The van der Waals surface area contributed by atoms with E-state index in [1.165, 1.54) is 0 Å². The molecular weight excluding hydrogens is 310 g/mol. The van der Waals surface area contributed by atoms with Crippen LogP contribution in [0, 0.1) is 5.92 Å². The monoisotopic (exact) mass is 331 g/mol. The Balaban J connectivity index is 1.70. The highest BCUT2D eigenvalue weighted by atomic mass is 32.1. The van der Waals surface area contributed by atoms with Gasteiger partial charge in [-0.15, -0.1) is 17.9 Å². The molecule has 3 heterocycles. The molecule has 6 heteroatoms. The lowest BCUT2D eigenvalue weighted by Gasteiger charge is -2.24. The molecule has 0 fully saturated rings. The van der Waals surface area contributed by atoms with E-state index in [2.05, 4.69) is 11.7 Å². The number of nitrogens with zero attached hydrogens (tertiary/aromatic N) is 3. The Kier molecular flexibility index (Phi) is 5.25. The molecule has 2 aromatic heterocycles. The van der Waals surface area contributed by atoms with Gasteiger partial charge >= 0.3 is 0 Å². The number of amides is 1. The summed E-state index contributed by atoms with van der Waals surface area (Å²) >= 11 is 1.62. The lowest BCUT2D eigenvalue weighted by molar-refractivity contribution is -0.131. The van der Waals surface area contributed by atoms with Crippen LogP contribution in [0.25, 0.3) is 0 Å². The van der Waals surface area contributed by atoms with Gasteiger partial charge in [0.05, 0.1) is 31.9 Å². The molecule has 23 heavy (non-hydrogen) atoms. The van der Waals surface area contributed by atoms with E-state index in [-0.39, 0.29) is 11.8 Å². The fourth-order valence-electron chi connectivity index (χ4n) is 2.82. The second-order valence-corrected chi connectivity index (χ2v) is 6.76. The maximum Gasteiger partial charge on any atom is 0.228 e. The molecular formula is C17H21N3O2S. The van der Waals surface area contributed by atoms with Gasteiger partial charge in [-0.1, -0.05) is 12.1 Å². The standard InChI is InChI=1S/C17H21N3O2S/c1-2-7-22-13-14-10-19(12-15-5-6-18-20(15)11-14)17(21)9-16-4-3-8-23-16/h2-6,8,14H,1,7,9-13H2. The zero-order chi connectivity index (χ0) is 16.1. The summed E-state index contributed by atoms with van der Waals surface area (Å²) in [6.45, 7) is 6.90. The van der Waals surface area contributed by atoms with Crippen LogP contribution in [0.4, 0.5) is 0 Å². The quantitative estimate of drug-likeness (QED) is 0.603. The van der Waals surface area contributed by atoms with E-state index in [0.717, 1.165) is 17.1 Å². The van der Waals surface area contributed by atoms with Gasteiger partial charge in [0, 0.05) is 30.1 Å². The molecule has 2 aromatic rings. The van der Waals surface area contributed by atoms with Gasteiger partial charge in [0.1, 0.15) is 0 Å². The Morgan fingerprint density at radius 1 is 1.48 bits per heavy atom. The van der Waals surface area contributed by atoms with Crippen LogP contribution in [0.1, 0.15) is 10.6 Å². The van der Waals surface area contributed by atoms with Crippen molar-refractivity contribution in [3.63, 3.8) is 0 Å². The van der Waals surface area contributed by atoms with Gasteiger partial charge in [-0.05, 0) is 17.5 Å². The first-order chi connectivity index (χ1) is 11.3. The molecule has 0 aliphatic carbocycles. The number of hydrogen-bond donors (Lipinski definition) is 0. The fraction of sp³-hybridized carbons (Fsp3) is 0.412. The van der Waals surface area contributed by atoms with Crippen LogP contribution in [0.5, 0.6) is 0 Å². The zero-order valence-electron chi connectivity index (χ0n) is 13.1. The van der Waals surface area contributed by atoms with Gasteiger partial charge in [-0.2, -0.15) is 5.10 Å². The number of aromatic nitrogens is 2. The first-order valence-corrected chi connectivity index (χ1v) is 8.63. The summed E-state index contributed by atoms with van der Waals surface area (Å²) in [4.78, 5) is 15.7. The maximum absolute atomic E-state index is 12.7. The molecule has 1 amide bonds. The first kappa shape index (κ1) is 16.0. The number of thiophene rings is 1. The zero-order valence-corrected chi connectivity index (χ0v) is 13.9. The SMILES string of the molecule is C=CCOCC1CN(C(=O)Cc2cccs2)Cc2ccnn2C1. The minimum atomic E-state index is 0.163. The van der Waals surface area contributed by atoms with Crippen molar-refractivity contribution in [1.82, 2.24) is 14.7 Å². The lowest BCUT2D eigenvalue weighted by atomic mass is 10.1. The Labute approximate surface area is 140 Å². The van der Waals surface area contributed by atoms with Crippen molar-refractivity contribution < 1.29 is 9.53 Å². The van der Waals surface area contributed by atoms with Crippen molar-refractivity contribution in [2.24, 2.45) is 5.92 Å². The van der Waals surface area contributed by atoms with Gasteiger partial charge < -0.3 is 9.64 Å². The van der Waals surface area contributed by atoms with Crippen LogP contribution in [-0.4, -0.2) is 40.3 Å². The van der Waals surface area contributed by atoms with Gasteiger partial charge in [-0.3, -0.25) is 9.48 Å². The van der Waals surface area contributed by atoms with E-state index in [1.807, 2.05) is 33.2 Å². The summed E-state index contributed by atoms with van der Waals surface area (Å²) in [6, 6.07) is 5.98. The third-order valence-electron chi connectivity index (χ3n) is 3.91. The van der Waals surface area contributed by atoms with E-state index >= 15 is 0 Å². The third-order valence-corrected chi connectivity index (χ3v) is 4.79. The van der Waals surface area contributed by atoms with Crippen LogP contribution >= 0.6 is 11.3 Å². The van der Waals surface area contributed by atoms with Crippen molar-refractivity contribution in [2.45, 2.75) is 19.5 Å². The lowest BCUT2D eigenvalue weighted by Crippen LogP contribution is -2.36. The van der Waals surface area contributed by atoms with E-state index < -0.39 is 0 Å². The molecule has 1 unspecified atom stereocenters. The summed E-state index contributed by atoms with van der Waals surface area (Å²) in [7, 11) is 0. The Morgan fingerprint density at radius 3 is 3.17 bits per heavy atom. The smallest absolute Gasteiger partial charge is 0.228 e. The van der Waals surface area contributed by atoms with E-state index in [9.17, 15) is 4.79 Å². The van der Waals surface area contributed by atoms with E-state index in [0.29, 0.717) is 32.7 Å². The number of carbonyl (C=O) groups is 1. The van der Waals surface area contributed by atoms with E-state index in [1.54, 1.807) is 23.6 Å². The highest BCUT2D eigenvalue weighted by molar-refractivity contribution is 7.10. The molecule has 0 bridgehead atoms. The highest BCUT2D eigenvalue weighted by Gasteiger charge is 2.25. The molecule has 0 spiro atoms. The number of ether oxygens (including phenoxy) is 1. The highest BCUT2D eigenvalue weighted by Crippen LogP contribution is 2.18. The average Bonchev–Trinajstić information content (AvgIpc) is 3.16. The third kappa shape index (κ3) is 4.09. The van der Waals surface area contributed by atoms with Gasteiger partial charge in [0.25, 0.3) is 0 Å². The Bertz CT molecular complexity index is 651. The van der Waals surface area contributed by atoms with Crippen molar-refractivity contribution in [1.29, 1.82) is 0 Å². The molecule has 0 saturated carbocycles. The molecule has 0 radical (unpaired) electrons. The number of fused-ring (bicyclic) bond motifs is 1. The summed E-state index contributed by atoms with van der Waals surface area (Å²) in [5.41, 5.74) is 1.08. The summed E-state index contributed by atoms with van der Waals surface area (Å²) < 4.78 is 7.59. The number of rotatable bonds is 6.